The summed E-state index contributed by atoms with van der Waals surface area (Å²) in [7, 11) is -3.20. The first-order valence-electron chi connectivity index (χ1n) is 4.10. The third kappa shape index (κ3) is 2.49. The molecule has 0 aliphatic heterocycles. The second-order valence-corrected chi connectivity index (χ2v) is 4.47. The lowest BCUT2D eigenvalue weighted by atomic mass is 10.2. The van der Waals surface area contributed by atoms with Crippen molar-refractivity contribution in [2.75, 3.05) is 7.11 Å². The Labute approximate surface area is 96.4 Å². The van der Waals surface area contributed by atoms with Crippen LogP contribution in [0.1, 0.15) is 5.56 Å². The number of nitrogens with zero attached hydrogens (tertiary/aromatic N) is 2. The van der Waals surface area contributed by atoms with Gasteiger partial charge in [-0.15, -0.1) is 0 Å². The minimum atomic E-state index is -4.32. The molecular formula is C8H7N3O5S. The fourth-order valence-corrected chi connectivity index (χ4v) is 1.94. The smallest absolute Gasteiger partial charge is 0.330 e. The number of primary sulfonamides is 1. The highest BCUT2D eigenvalue weighted by Gasteiger charge is 2.28. The Hall–Kier alpha value is -2.18. The molecule has 1 aromatic carbocycles. The number of nitrogens with two attached hydrogens (primary N) is 1. The van der Waals surface area contributed by atoms with Crippen molar-refractivity contribution in [2.24, 2.45) is 5.14 Å². The number of hydrogen-bond acceptors (Lipinski definition) is 6. The van der Waals surface area contributed by atoms with Crippen LogP contribution in [-0.4, -0.2) is 20.5 Å². The molecule has 0 radical (unpaired) electrons. The standard InChI is InChI=1S/C8H7N3O5S/c1-16-6-2-5(4-9)3-7(17(10,14)15)8(6)11(12)13/h2-3H,1H3,(H2,10,14,15). The fraction of sp³-hybridized carbons (Fsp3) is 0.125. The minimum absolute atomic E-state index is 0.100. The van der Waals surface area contributed by atoms with E-state index in [1.54, 1.807) is 6.07 Å². The van der Waals surface area contributed by atoms with E-state index in [-0.39, 0.29) is 11.3 Å². The van der Waals surface area contributed by atoms with Crippen LogP contribution < -0.4 is 9.88 Å². The molecule has 0 aliphatic carbocycles. The van der Waals surface area contributed by atoms with E-state index in [4.69, 9.17) is 10.4 Å². The summed E-state index contributed by atoms with van der Waals surface area (Å²) in [6.07, 6.45) is 0. The molecule has 0 saturated carbocycles. The summed E-state index contributed by atoms with van der Waals surface area (Å²) in [6.45, 7) is 0. The highest BCUT2D eigenvalue weighted by molar-refractivity contribution is 7.89. The van der Waals surface area contributed by atoms with Gasteiger partial charge in [0.25, 0.3) is 0 Å². The van der Waals surface area contributed by atoms with Crippen LogP contribution in [0.5, 0.6) is 5.75 Å². The van der Waals surface area contributed by atoms with Crippen molar-refractivity contribution in [2.45, 2.75) is 4.90 Å². The summed E-state index contributed by atoms with van der Waals surface area (Å²) in [4.78, 5) is 9.09. The maximum absolute atomic E-state index is 11.2. The molecule has 9 heteroatoms. The number of nitriles is 1. The van der Waals surface area contributed by atoms with Crippen molar-refractivity contribution >= 4 is 15.7 Å². The topological polar surface area (TPSA) is 136 Å². The molecule has 0 bridgehead atoms. The number of nitro groups is 1. The Morgan fingerprint density at radius 1 is 1.53 bits per heavy atom. The van der Waals surface area contributed by atoms with E-state index in [9.17, 15) is 18.5 Å². The van der Waals surface area contributed by atoms with Crippen LogP contribution in [0, 0.1) is 21.4 Å². The molecule has 0 amide bonds. The maximum atomic E-state index is 11.2. The van der Waals surface area contributed by atoms with Crippen molar-refractivity contribution in [3.05, 3.63) is 27.8 Å². The van der Waals surface area contributed by atoms with Gasteiger partial charge in [-0.25, -0.2) is 13.6 Å². The summed E-state index contributed by atoms with van der Waals surface area (Å²) in [5, 5.41) is 24.3. The third-order valence-electron chi connectivity index (χ3n) is 1.88. The number of nitro benzene ring substituents is 1. The zero-order valence-corrected chi connectivity index (χ0v) is 9.39. The molecule has 0 aromatic heterocycles. The summed E-state index contributed by atoms with van der Waals surface area (Å²) in [5.41, 5.74) is -0.884. The van der Waals surface area contributed by atoms with Crippen LogP contribution >= 0.6 is 0 Å². The molecule has 0 atom stereocenters. The van der Waals surface area contributed by atoms with E-state index in [0.717, 1.165) is 19.2 Å². The van der Waals surface area contributed by atoms with Crippen LogP contribution in [0.3, 0.4) is 0 Å². The van der Waals surface area contributed by atoms with Crippen LogP contribution in [0.2, 0.25) is 0 Å². The lowest BCUT2D eigenvalue weighted by Crippen LogP contribution is -2.15. The zero-order chi connectivity index (χ0) is 13.2. The molecular weight excluding hydrogens is 250 g/mol. The third-order valence-corrected chi connectivity index (χ3v) is 2.80. The molecule has 0 saturated heterocycles. The quantitative estimate of drug-likeness (QED) is 0.603. The second-order valence-electron chi connectivity index (χ2n) is 2.94. The molecule has 1 aromatic rings. The van der Waals surface area contributed by atoms with Gasteiger partial charge in [0.05, 0.1) is 23.7 Å². The summed E-state index contributed by atoms with van der Waals surface area (Å²) in [6, 6.07) is 3.55. The first-order valence-corrected chi connectivity index (χ1v) is 5.65. The number of hydrogen-bond donors (Lipinski definition) is 1. The van der Waals surface area contributed by atoms with Crippen LogP contribution in [0.15, 0.2) is 17.0 Å². The molecule has 90 valence electrons. The highest BCUT2D eigenvalue weighted by Crippen LogP contribution is 2.34. The molecule has 17 heavy (non-hydrogen) atoms. The highest BCUT2D eigenvalue weighted by atomic mass is 32.2. The van der Waals surface area contributed by atoms with Gasteiger partial charge in [-0.2, -0.15) is 5.26 Å². The normalized spacial score (nSPS) is 10.6. The van der Waals surface area contributed by atoms with Gasteiger partial charge in [0, 0.05) is 6.07 Å². The summed E-state index contributed by atoms with van der Waals surface area (Å²) >= 11 is 0. The predicted octanol–water partition coefficient (Wildman–Crippen LogP) is 0.122. The van der Waals surface area contributed by atoms with Crippen LogP contribution in [-0.2, 0) is 10.0 Å². The molecule has 0 fully saturated rings. The molecule has 0 aliphatic rings. The zero-order valence-electron chi connectivity index (χ0n) is 8.58. The van der Waals surface area contributed by atoms with Crippen molar-refractivity contribution in [3.8, 4) is 11.8 Å². The van der Waals surface area contributed by atoms with Gasteiger partial charge in [-0.3, -0.25) is 10.1 Å². The Morgan fingerprint density at radius 2 is 2.12 bits per heavy atom. The Morgan fingerprint density at radius 3 is 2.47 bits per heavy atom. The number of sulfonamides is 1. The molecule has 0 heterocycles. The number of rotatable bonds is 3. The van der Waals surface area contributed by atoms with Gasteiger partial charge in [0.2, 0.25) is 10.0 Å². The lowest BCUT2D eigenvalue weighted by molar-refractivity contribution is -0.388. The molecule has 0 unspecified atom stereocenters. The number of ether oxygens (including phenoxy) is 1. The average molecular weight is 257 g/mol. The van der Waals surface area contributed by atoms with Crippen LogP contribution in [0.4, 0.5) is 5.69 Å². The van der Waals surface area contributed by atoms with Gasteiger partial charge < -0.3 is 4.74 Å². The first-order chi connectivity index (χ1) is 7.81. The van der Waals surface area contributed by atoms with Gasteiger partial charge in [-0.1, -0.05) is 0 Å². The van der Waals surface area contributed by atoms with Gasteiger partial charge in [0.1, 0.15) is 0 Å². The Kier molecular flexibility index (Phi) is 3.31. The number of methoxy groups -OCH3 is 1. The lowest BCUT2D eigenvalue weighted by Gasteiger charge is -2.06. The predicted molar refractivity (Wildman–Crippen MR) is 55.7 cm³/mol. The average Bonchev–Trinajstić information content (AvgIpc) is 2.25. The fourth-order valence-electron chi connectivity index (χ4n) is 1.20. The van der Waals surface area contributed by atoms with E-state index in [1.807, 2.05) is 0 Å². The first kappa shape index (κ1) is 12.9. The maximum Gasteiger partial charge on any atom is 0.330 e. The summed E-state index contributed by atoms with van der Waals surface area (Å²) in [5.74, 6) is -0.335. The summed E-state index contributed by atoms with van der Waals surface area (Å²) < 4.78 is 27.1. The van der Waals surface area contributed by atoms with E-state index >= 15 is 0 Å². The SMILES string of the molecule is COc1cc(C#N)cc(S(N)(=O)=O)c1[N+](=O)[O-]. The minimum Gasteiger partial charge on any atom is -0.490 e. The van der Waals surface area contributed by atoms with Crippen molar-refractivity contribution in [1.29, 1.82) is 5.26 Å². The van der Waals surface area contributed by atoms with Crippen LogP contribution in [0.25, 0.3) is 0 Å². The van der Waals surface area contributed by atoms with E-state index in [2.05, 4.69) is 4.74 Å². The van der Waals surface area contributed by atoms with Gasteiger partial charge in [0.15, 0.2) is 10.6 Å². The van der Waals surface area contributed by atoms with Gasteiger partial charge >= 0.3 is 5.69 Å². The Bertz CT molecular complexity index is 617. The molecule has 1 rings (SSSR count). The van der Waals surface area contributed by atoms with Gasteiger partial charge in [-0.05, 0) is 6.07 Å². The molecule has 2 N–H and O–H groups in total. The van der Waals surface area contributed by atoms with Crippen molar-refractivity contribution < 1.29 is 18.1 Å². The van der Waals surface area contributed by atoms with E-state index < -0.39 is 25.5 Å². The second kappa shape index (κ2) is 4.36. The number of benzene rings is 1. The largest absolute Gasteiger partial charge is 0.490 e. The van der Waals surface area contributed by atoms with Crippen molar-refractivity contribution in [1.82, 2.24) is 0 Å². The monoisotopic (exact) mass is 257 g/mol. The van der Waals surface area contributed by atoms with Crippen molar-refractivity contribution in [3.63, 3.8) is 0 Å². The van der Waals surface area contributed by atoms with E-state index in [0.29, 0.717) is 0 Å². The molecule has 0 spiro atoms. The van der Waals surface area contributed by atoms with E-state index in [1.165, 1.54) is 0 Å². The molecule has 8 nitrogen and oxygen atoms in total. The Balaban J connectivity index is 3.78.